The van der Waals surface area contributed by atoms with Crippen molar-refractivity contribution in [2.75, 3.05) is 5.75 Å². The van der Waals surface area contributed by atoms with Crippen LogP contribution in [0.5, 0.6) is 0 Å². The summed E-state index contributed by atoms with van der Waals surface area (Å²) in [5.41, 5.74) is 0. The minimum absolute atomic E-state index is 0.0463. The Labute approximate surface area is 141 Å². The molecule has 0 heterocycles. The SMILES string of the molecule is C#CC#CC#CC#CC#CC#CC#CC#CC#COC(=O)CS. The minimum Gasteiger partial charge on any atom is -0.370 e. The van der Waals surface area contributed by atoms with Crippen molar-refractivity contribution in [3.05, 3.63) is 0 Å². The van der Waals surface area contributed by atoms with Crippen LogP contribution in [-0.4, -0.2) is 11.7 Å². The molecule has 0 N–H and O–H groups in total. The normalized spacial score (nSPS) is 4.87. The van der Waals surface area contributed by atoms with E-state index in [-0.39, 0.29) is 5.75 Å². The predicted molar refractivity (Wildman–Crippen MR) is 91.0 cm³/mol. The smallest absolute Gasteiger partial charge is 0.329 e. The first kappa shape index (κ1) is 18.9. The average Bonchev–Trinajstić information content (AvgIpc) is 2.57. The van der Waals surface area contributed by atoms with Gasteiger partial charge in [-0.05, 0) is 47.4 Å². The molecule has 102 valence electrons. The van der Waals surface area contributed by atoms with Gasteiger partial charge < -0.3 is 4.74 Å². The molecular formula is C20H4O2S. The third-order valence-electron chi connectivity index (χ3n) is 1.29. The molecular weight excluding hydrogens is 304 g/mol. The lowest BCUT2D eigenvalue weighted by Gasteiger charge is -1.85. The second kappa shape index (κ2) is 15.9. The Bertz CT molecular complexity index is 993. The lowest BCUT2D eigenvalue weighted by atomic mass is 10.5. The standard InChI is InChI=1S/C20H4O2S/c1-2-3-4-5-6-7-8-9-10-11-12-13-14-15-16-17-18-22-20(21)19-23/h1,23H,19H2. The molecule has 0 radical (unpaired) electrons. The highest BCUT2D eigenvalue weighted by Crippen LogP contribution is 1.78. The van der Waals surface area contributed by atoms with Crippen molar-refractivity contribution in [2.45, 2.75) is 0 Å². The first-order chi connectivity index (χ1) is 11.3. The number of hydrogen-bond donors (Lipinski definition) is 1. The summed E-state index contributed by atoms with van der Waals surface area (Å²) in [6.45, 7) is 0. The van der Waals surface area contributed by atoms with E-state index in [0.717, 1.165) is 0 Å². The molecule has 0 aliphatic heterocycles. The molecule has 0 aliphatic rings. The van der Waals surface area contributed by atoms with Gasteiger partial charge in [-0.15, -0.1) is 6.42 Å². The Kier molecular flexibility index (Phi) is 13.1. The maximum Gasteiger partial charge on any atom is 0.329 e. The van der Waals surface area contributed by atoms with Gasteiger partial charge in [-0.1, -0.05) is 0 Å². The third kappa shape index (κ3) is 15.8. The lowest BCUT2D eigenvalue weighted by Crippen LogP contribution is -1.99. The maximum absolute atomic E-state index is 10.6. The predicted octanol–water partition coefficient (Wildman–Crippen LogP) is 0.0773. The quantitative estimate of drug-likeness (QED) is 0.422. The third-order valence-corrected chi connectivity index (χ3v) is 1.55. The van der Waals surface area contributed by atoms with E-state index >= 15 is 0 Å². The molecule has 0 atom stereocenters. The number of carbonyl (C=O) groups is 1. The van der Waals surface area contributed by atoms with Crippen LogP contribution in [-0.2, 0) is 9.53 Å². The van der Waals surface area contributed by atoms with Crippen LogP contribution in [0.25, 0.3) is 0 Å². The summed E-state index contributed by atoms with van der Waals surface area (Å²) in [5, 5.41) is 0. The molecule has 0 fully saturated rings. The van der Waals surface area contributed by atoms with Gasteiger partial charge in [0, 0.05) is 47.4 Å². The number of rotatable bonds is 1. The van der Waals surface area contributed by atoms with Crippen molar-refractivity contribution in [3.8, 4) is 107 Å². The van der Waals surface area contributed by atoms with Gasteiger partial charge in [-0.2, -0.15) is 12.6 Å². The summed E-state index contributed by atoms with van der Waals surface area (Å²) in [7, 11) is 0. The molecule has 0 aliphatic carbocycles. The Hall–Kier alpha value is -4.14. The molecule has 0 saturated heterocycles. The highest BCUT2D eigenvalue weighted by Gasteiger charge is 1.92. The summed E-state index contributed by atoms with van der Waals surface area (Å²) in [5.74, 6) is 37.7. The molecule has 3 heteroatoms. The molecule has 2 nitrogen and oxygen atoms in total. The van der Waals surface area contributed by atoms with Crippen molar-refractivity contribution in [3.63, 3.8) is 0 Å². The first-order valence-electron chi connectivity index (χ1n) is 5.57. The van der Waals surface area contributed by atoms with Crippen LogP contribution in [0.4, 0.5) is 0 Å². The Morgan fingerprint density at radius 3 is 1.39 bits per heavy atom. The van der Waals surface area contributed by atoms with Crippen LogP contribution in [0.3, 0.4) is 0 Å². The van der Waals surface area contributed by atoms with Gasteiger partial charge in [0.05, 0.1) is 5.75 Å². The van der Waals surface area contributed by atoms with Crippen molar-refractivity contribution in [1.82, 2.24) is 0 Å². The zero-order chi connectivity index (χ0) is 17.0. The van der Waals surface area contributed by atoms with Crippen molar-refractivity contribution in [2.24, 2.45) is 0 Å². The second-order valence-electron chi connectivity index (χ2n) is 2.75. The number of terminal acetylenes is 1. The summed E-state index contributed by atoms with van der Waals surface area (Å²) in [6.07, 6.45) is 6.98. The highest BCUT2D eigenvalue weighted by atomic mass is 32.1. The van der Waals surface area contributed by atoms with Gasteiger partial charge in [0.15, 0.2) is 0 Å². The number of esters is 1. The molecule has 0 bridgehead atoms. The summed E-state index contributed by atoms with van der Waals surface area (Å²) >= 11 is 3.70. The van der Waals surface area contributed by atoms with Crippen molar-refractivity contribution < 1.29 is 9.53 Å². The Morgan fingerprint density at radius 2 is 1.04 bits per heavy atom. The fourth-order valence-electron chi connectivity index (χ4n) is 0.583. The molecule has 0 unspecified atom stereocenters. The van der Waals surface area contributed by atoms with Gasteiger partial charge in [0.2, 0.25) is 0 Å². The number of hydrogen-bond acceptors (Lipinski definition) is 3. The van der Waals surface area contributed by atoms with Gasteiger partial charge in [-0.25, -0.2) is 0 Å². The molecule has 23 heavy (non-hydrogen) atoms. The van der Waals surface area contributed by atoms with E-state index in [1.54, 1.807) is 0 Å². The van der Waals surface area contributed by atoms with Crippen LogP contribution in [0, 0.1) is 107 Å². The van der Waals surface area contributed by atoms with Crippen LogP contribution in [0.1, 0.15) is 0 Å². The molecule has 0 aromatic rings. The first-order valence-corrected chi connectivity index (χ1v) is 6.20. The number of thiol groups is 1. The van der Waals surface area contributed by atoms with Gasteiger partial charge in [-0.3, -0.25) is 4.79 Å². The molecule has 0 aromatic heterocycles. The summed E-state index contributed by atoms with van der Waals surface area (Å²) < 4.78 is 4.40. The van der Waals surface area contributed by atoms with E-state index in [9.17, 15) is 4.79 Å². The Morgan fingerprint density at radius 1 is 0.696 bits per heavy atom. The Balaban J connectivity index is 4.31. The fraction of sp³-hybridized carbons (Fsp3) is 0.0500. The highest BCUT2D eigenvalue weighted by molar-refractivity contribution is 7.81. The van der Waals surface area contributed by atoms with E-state index in [0.29, 0.717) is 0 Å². The molecule has 0 saturated carbocycles. The summed E-state index contributed by atoms with van der Waals surface area (Å²) in [4.78, 5) is 10.6. The molecule has 0 spiro atoms. The van der Waals surface area contributed by atoms with Gasteiger partial charge >= 0.3 is 5.97 Å². The van der Waals surface area contributed by atoms with E-state index in [1.165, 1.54) is 0 Å². The monoisotopic (exact) mass is 308 g/mol. The zero-order valence-corrected chi connectivity index (χ0v) is 12.4. The molecule has 0 aromatic carbocycles. The number of carbonyl (C=O) groups excluding carboxylic acids is 1. The van der Waals surface area contributed by atoms with Crippen molar-refractivity contribution in [1.29, 1.82) is 0 Å². The fourth-order valence-corrected chi connectivity index (χ4v) is 0.647. The van der Waals surface area contributed by atoms with Gasteiger partial charge in [0.25, 0.3) is 0 Å². The van der Waals surface area contributed by atoms with Crippen molar-refractivity contribution >= 4 is 18.6 Å². The van der Waals surface area contributed by atoms with Crippen LogP contribution < -0.4 is 0 Å². The zero-order valence-electron chi connectivity index (χ0n) is 11.5. The number of ether oxygens (including phenoxy) is 1. The van der Waals surface area contributed by atoms with Gasteiger partial charge in [0.1, 0.15) is 6.11 Å². The lowest BCUT2D eigenvalue weighted by molar-refractivity contribution is -0.133. The largest absolute Gasteiger partial charge is 0.370 e. The van der Waals surface area contributed by atoms with E-state index in [1.807, 2.05) is 0 Å². The van der Waals surface area contributed by atoms with Crippen LogP contribution >= 0.6 is 12.6 Å². The van der Waals surface area contributed by atoms with E-state index < -0.39 is 5.97 Å². The summed E-state index contributed by atoms with van der Waals surface area (Å²) in [6, 6.07) is 0. The average molecular weight is 308 g/mol. The van der Waals surface area contributed by atoms with Crippen LogP contribution in [0.2, 0.25) is 0 Å². The molecule has 0 rings (SSSR count). The second-order valence-corrected chi connectivity index (χ2v) is 3.07. The molecule has 0 amide bonds. The minimum atomic E-state index is -0.548. The topological polar surface area (TPSA) is 26.3 Å². The van der Waals surface area contributed by atoms with E-state index in [2.05, 4.69) is 118 Å². The van der Waals surface area contributed by atoms with E-state index in [4.69, 9.17) is 6.42 Å². The maximum atomic E-state index is 10.6. The van der Waals surface area contributed by atoms with Crippen LogP contribution in [0.15, 0.2) is 0 Å².